The van der Waals surface area contributed by atoms with Crippen molar-refractivity contribution in [1.29, 1.82) is 0 Å². The summed E-state index contributed by atoms with van der Waals surface area (Å²) in [6.45, 7) is 3.65. The minimum absolute atomic E-state index is 0.456. The molecule has 0 atom stereocenters. The normalized spacial score (nSPS) is 11.4. The molecule has 2 heterocycles. The Morgan fingerprint density at radius 2 is 2.24 bits per heavy atom. The first-order valence-corrected chi connectivity index (χ1v) is 5.72. The fourth-order valence-electron chi connectivity index (χ4n) is 1.50. The largest absolute Gasteiger partial charge is 0.368 e. The van der Waals surface area contributed by atoms with Crippen molar-refractivity contribution in [1.82, 2.24) is 24.5 Å². The molecule has 6 nitrogen and oxygen atoms in total. The van der Waals surface area contributed by atoms with Gasteiger partial charge in [-0.15, -0.1) is 0 Å². The highest BCUT2D eigenvalue weighted by molar-refractivity contribution is 6.30. The van der Waals surface area contributed by atoms with E-state index in [-0.39, 0.29) is 0 Å². The fourth-order valence-corrected chi connectivity index (χ4v) is 1.67. The standard InChI is InChI=1S/C10H15ClN6/c1-7-8(11)15-10-13-6-14-17(10)9(7)12-4-5-16(2)3/h6,12H,4-5H2,1-3H3. The van der Waals surface area contributed by atoms with Crippen molar-refractivity contribution >= 4 is 23.2 Å². The van der Waals surface area contributed by atoms with Crippen molar-refractivity contribution in [3.63, 3.8) is 0 Å². The quantitative estimate of drug-likeness (QED) is 0.827. The first-order chi connectivity index (χ1) is 8.09. The van der Waals surface area contributed by atoms with E-state index in [1.165, 1.54) is 6.33 Å². The van der Waals surface area contributed by atoms with E-state index in [1.807, 2.05) is 21.0 Å². The number of halogens is 1. The van der Waals surface area contributed by atoms with Crippen molar-refractivity contribution < 1.29 is 0 Å². The van der Waals surface area contributed by atoms with Crippen LogP contribution in [0.2, 0.25) is 5.15 Å². The number of nitrogens with zero attached hydrogens (tertiary/aromatic N) is 5. The molecule has 1 N–H and O–H groups in total. The number of likely N-dealkylation sites (N-methyl/N-ethyl adjacent to an activating group) is 1. The van der Waals surface area contributed by atoms with Crippen LogP contribution in [0.4, 0.5) is 5.82 Å². The van der Waals surface area contributed by atoms with Crippen LogP contribution in [0.15, 0.2) is 6.33 Å². The van der Waals surface area contributed by atoms with Crippen LogP contribution >= 0.6 is 11.6 Å². The Hall–Kier alpha value is -1.40. The molecule has 0 aliphatic rings. The number of fused-ring (bicyclic) bond motifs is 1. The van der Waals surface area contributed by atoms with Gasteiger partial charge in [0.25, 0.3) is 5.78 Å². The van der Waals surface area contributed by atoms with E-state index >= 15 is 0 Å². The Bertz CT molecular complexity index is 521. The summed E-state index contributed by atoms with van der Waals surface area (Å²) in [5.74, 6) is 1.35. The molecule has 0 aliphatic carbocycles. The van der Waals surface area contributed by atoms with Gasteiger partial charge in [-0.25, -0.2) is 0 Å². The van der Waals surface area contributed by atoms with Crippen molar-refractivity contribution in [2.24, 2.45) is 0 Å². The molecule has 0 fully saturated rings. The average Bonchev–Trinajstić information content (AvgIpc) is 2.70. The van der Waals surface area contributed by atoms with Crippen LogP contribution in [-0.2, 0) is 0 Å². The maximum Gasteiger partial charge on any atom is 0.255 e. The van der Waals surface area contributed by atoms with Crippen LogP contribution in [-0.4, -0.2) is 51.7 Å². The maximum atomic E-state index is 6.05. The monoisotopic (exact) mass is 254 g/mol. The van der Waals surface area contributed by atoms with Crippen molar-refractivity contribution in [2.75, 3.05) is 32.5 Å². The van der Waals surface area contributed by atoms with Crippen LogP contribution in [0.3, 0.4) is 0 Å². The zero-order valence-electron chi connectivity index (χ0n) is 10.1. The van der Waals surface area contributed by atoms with Gasteiger partial charge in [0.2, 0.25) is 0 Å². The molecule has 0 aliphatic heterocycles. The molecule has 2 aromatic heterocycles. The first kappa shape index (κ1) is 12.1. The Labute approximate surface area is 105 Å². The van der Waals surface area contributed by atoms with Gasteiger partial charge < -0.3 is 10.2 Å². The van der Waals surface area contributed by atoms with E-state index in [9.17, 15) is 0 Å². The molecule has 0 saturated heterocycles. The third-order valence-corrected chi connectivity index (χ3v) is 2.82. The van der Waals surface area contributed by atoms with Crippen LogP contribution in [0.1, 0.15) is 5.56 Å². The third kappa shape index (κ3) is 2.48. The number of rotatable bonds is 4. The second kappa shape index (κ2) is 4.85. The Morgan fingerprint density at radius 3 is 2.94 bits per heavy atom. The molecule has 7 heteroatoms. The van der Waals surface area contributed by atoms with E-state index in [4.69, 9.17) is 11.6 Å². The van der Waals surface area contributed by atoms with Gasteiger partial charge in [0.1, 0.15) is 17.3 Å². The molecule has 0 unspecified atom stereocenters. The molecule has 92 valence electrons. The zero-order valence-corrected chi connectivity index (χ0v) is 10.9. The van der Waals surface area contributed by atoms with Gasteiger partial charge in [-0.1, -0.05) is 11.6 Å². The van der Waals surface area contributed by atoms with E-state index < -0.39 is 0 Å². The summed E-state index contributed by atoms with van der Waals surface area (Å²) < 4.78 is 1.66. The predicted molar refractivity (Wildman–Crippen MR) is 67.6 cm³/mol. The number of nitrogens with one attached hydrogen (secondary N) is 1. The molecule has 0 amide bonds. The van der Waals surface area contributed by atoms with Crippen LogP contribution < -0.4 is 5.32 Å². The molecule has 2 rings (SSSR count). The molecular formula is C10H15ClN6. The Kier molecular flexibility index (Phi) is 3.44. The Balaban J connectivity index is 2.30. The van der Waals surface area contributed by atoms with E-state index in [0.29, 0.717) is 10.9 Å². The predicted octanol–water partition coefficient (Wildman–Crippen LogP) is 1.06. The van der Waals surface area contributed by atoms with Gasteiger partial charge in [0.05, 0.1) is 0 Å². The summed E-state index contributed by atoms with van der Waals surface area (Å²) in [5, 5.41) is 7.89. The van der Waals surface area contributed by atoms with Crippen molar-refractivity contribution in [2.45, 2.75) is 6.92 Å². The molecule has 2 aromatic rings. The highest BCUT2D eigenvalue weighted by Crippen LogP contribution is 2.21. The zero-order chi connectivity index (χ0) is 12.4. The fraction of sp³-hybridized carbons (Fsp3) is 0.500. The first-order valence-electron chi connectivity index (χ1n) is 5.34. The summed E-state index contributed by atoms with van der Waals surface area (Å²) in [6.07, 6.45) is 1.47. The van der Waals surface area contributed by atoms with Crippen LogP contribution in [0.25, 0.3) is 5.78 Å². The molecule has 0 bridgehead atoms. The smallest absolute Gasteiger partial charge is 0.255 e. The molecule has 0 radical (unpaired) electrons. The van der Waals surface area contributed by atoms with Gasteiger partial charge >= 0.3 is 0 Å². The van der Waals surface area contributed by atoms with E-state index in [1.54, 1.807) is 4.52 Å². The van der Waals surface area contributed by atoms with Crippen molar-refractivity contribution in [3.8, 4) is 0 Å². The topological polar surface area (TPSA) is 58.4 Å². The number of anilines is 1. The second-order valence-electron chi connectivity index (χ2n) is 4.08. The van der Waals surface area contributed by atoms with E-state index in [0.717, 1.165) is 24.5 Å². The summed E-state index contributed by atoms with van der Waals surface area (Å²) in [7, 11) is 4.05. The minimum Gasteiger partial charge on any atom is -0.368 e. The molecule has 0 spiro atoms. The lowest BCUT2D eigenvalue weighted by Gasteiger charge is -2.14. The maximum absolute atomic E-state index is 6.05. The van der Waals surface area contributed by atoms with Gasteiger partial charge in [-0.3, -0.25) is 0 Å². The SMILES string of the molecule is Cc1c(Cl)nc2ncnn2c1NCCN(C)C. The van der Waals surface area contributed by atoms with Crippen LogP contribution in [0, 0.1) is 6.92 Å². The van der Waals surface area contributed by atoms with Crippen LogP contribution in [0.5, 0.6) is 0 Å². The molecule has 17 heavy (non-hydrogen) atoms. The lowest BCUT2D eigenvalue weighted by atomic mass is 10.3. The van der Waals surface area contributed by atoms with Gasteiger partial charge in [-0.2, -0.15) is 19.6 Å². The van der Waals surface area contributed by atoms with Gasteiger partial charge in [0, 0.05) is 18.7 Å². The van der Waals surface area contributed by atoms with Crippen molar-refractivity contribution in [3.05, 3.63) is 17.0 Å². The average molecular weight is 255 g/mol. The Morgan fingerprint density at radius 1 is 1.47 bits per heavy atom. The van der Waals surface area contributed by atoms with Gasteiger partial charge in [0.15, 0.2) is 0 Å². The molecule has 0 saturated carbocycles. The summed E-state index contributed by atoms with van der Waals surface area (Å²) >= 11 is 6.05. The molecule has 0 aromatic carbocycles. The number of aromatic nitrogens is 4. The second-order valence-corrected chi connectivity index (χ2v) is 4.44. The highest BCUT2D eigenvalue weighted by Gasteiger charge is 2.11. The minimum atomic E-state index is 0.456. The summed E-state index contributed by atoms with van der Waals surface area (Å²) in [5.41, 5.74) is 0.878. The third-order valence-electron chi connectivity index (χ3n) is 2.46. The van der Waals surface area contributed by atoms with Gasteiger partial charge in [-0.05, 0) is 21.0 Å². The molecular weight excluding hydrogens is 240 g/mol. The lowest BCUT2D eigenvalue weighted by Crippen LogP contribution is -2.22. The number of hydrogen-bond donors (Lipinski definition) is 1. The summed E-state index contributed by atoms with van der Waals surface area (Å²) in [6, 6.07) is 0. The lowest BCUT2D eigenvalue weighted by molar-refractivity contribution is 0.425. The number of hydrogen-bond acceptors (Lipinski definition) is 5. The summed E-state index contributed by atoms with van der Waals surface area (Å²) in [4.78, 5) is 10.3. The highest BCUT2D eigenvalue weighted by atomic mass is 35.5. The van der Waals surface area contributed by atoms with E-state index in [2.05, 4.69) is 25.3 Å².